The highest BCUT2D eigenvalue weighted by molar-refractivity contribution is 6.31. The zero-order valence-electron chi connectivity index (χ0n) is 7.91. The van der Waals surface area contributed by atoms with Crippen molar-refractivity contribution in [1.29, 1.82) is 0 Å². The number of hydrogen-bond donors (Lipinski definition) is 2. The minimum absolute atomic E-state index is 0.125. The van der Waals surface area contributed by atoms with Crippen LogP contribution in [0.1, 0.15) is 0 Å². The van der Waals surface area contributed by atoms with Gasteiger partial charge in [0.25, 0.3) is 0 Å². The molecule has 0 aliphatic rings. The van der Waals surface area contributed by atoms with Crippen molar-refractivity contribution >= 4 is 29.2 Å². The Labute approximate surface area is 95.3 Å². The van der Waals surface area contributed by atoms with Gasteiger partial charge in [0, 0.05) is 17.8 Å². The van der Waals surface area contributed by atoms with E-state index in [2.05, 4.69) is 5.32 Å². The van der Waals surface area contributed by atoms with Crippen LogP contribution in [0.4, 0.5) is 10.1 Å². The van der Waals surface area contributed by atoms with Crippen LogP contribution in [0.3, 0.4) is 0 Å². The quantitative estimate of drug-likeness (QED) is 0.799. The minimum atomic E-state index is -1.23. The van der Waals surface area contributed by atoms with Crippen molar-refractivity contribution in [3.05, 3.63) is 41.2 Å². The fraction of sp³-hybridized carbons (Fsp3) is 0. The van der Waals surface area contributed by atoms with Crippen LogP contribution in [-0.4, -0.2) is 17.0 Å². The zero-order valence-corrected chi connectivity index (χ0v) is 8.66. The first-order valence-electron chi connectivity index (χ1n) is 4.16. The minimum Gasteiger partial charge on any atom is -0.478 e. The summed E-state index contributed by atoms with van der Waals surface area (Å²) in [4.78, 5) is 21.2. The number of aliphatic carboxylic acids is 1. The lowest BCUT2D eigenvalue weighted by molar-refractivity contribution is -0.131. The topological polar surface area (TPSA) is 66.4 Å². The molecule has 1 rings (SSSR count). The summed E-state index contributed by atoms with van der Waals surface area (Å²) in [6.45, 7) is 0. The first-order valence-corrected chi connectivity index (χ1v) is 4.54. The molecule has 2 N–H and O–H groups in total. The van der Waals surface area contributed by atoms with Crippen LogP contribution in [0.25, 0.3) is 0 Å². The number of carboxylic acid groups (broad SMARTS) is 1. The maximum atomic E-state index is 12.8. The van der Waals surface area contributed by atoms with E-state index in [1.807, 2.05) is 0 Å². The second kappa shape index (κ2) is 5.27. The van der Waals surface area contributed by atoms with E-state index >= 15 is 0 Å². The van der Waals surface area contributed by atoms with Gasteiger partial charge in [-0.15, -0.1) is 0 Å². The molecule has 0 unspecified atom stereocenters. The number of amides is 1. The van der Waals surface area contributed by atoms with Crippen molar-refractivity contribution in [3.63, 3.8) is 0 Å². The van der Waals surface area contributed by atoms with Gasteiger partial charge < -0.3 is 10.4 Å². The van der Waals surface area contributed by atoms with Gasteiger partial charge in [-0.3, -0.25) is 4.79 Å². The second-order valence-corrected chi connectivity index (χ2v) is 3.20. The number of rotatable bonds is 3. The fourth-order valence-electron chi connectivity index (χ4n) is 0.905. The summed E-state index contributed by atoms with van der Waals surface area (Å²) >= 11 is 5.49. The molecule has 0 atom stereocenters. The van der Waals surface area contributed by atoms with Crippen molar-refractivity contribution < 1.29 is 19.1 Å². The Morgan fingerprint density at radius 3 is 2.62 bits per heavy atom. The van der Waals surface area contributed by atoms with Crippen LogP contribution in [0, 0.1) is 5.82 Å². The number of carbonyl (C=O) groups is 2. The van der Waals surface area contributed by atoms with Crippen molar-refractivity contribution in [1.82, 2.24) is 0 Å². The Kier molecular flexibility index (Phi) is 4.02. The number of benzene rings is 1. The molecule has 1 amide bonds. The molecule has 0 aliphatic heterocycles. The van der Waals surface area contributed by atoms with Crippen LogP contribution in [-0.2, 0) is 9.59 Å². The highest BCUT2D eigenvalue weighted by Crippen LogP contribution is 2.19. The van der Waals surface area contributed by atoms with Gasteiger partial charge >= 0.3 is 5.97 Å². The van der Waals surface area contributed by atoms with Gasteiger partial charge in [-0.25, -0.2) is 9.18 Å². The van der Waals surface area contributed by atoms with Crippen LogP contribution in [0.15, 0.2) is 30.4 Å². The van der Waals surface area contributed by atoms with Crippen LogP contribution in [0.5, 0.6) is 0 Å². The van der Waals surface area contributed by atoms with Crippen molar-refractivity contribution in [2.24, 2.45) is 0 Å². The predicted molar refractivity (Wildman–Crippen MR) is 56.8 cm³/mol. The SMILES string of the molecule is O=C(O)/C=C\C(=O)Nc1ccc(F)c(Cl)c1. The Bertz CT molecular complexity index is 459. The van der Waals surface area contributed by atoms with Crippen LogP contribution in [0.2, 0.25) is 5.02 Å². The molecule has 0 saturated heterocycles. The van der Waals surface area contributed by atoms with Gasteiger partial charge in [-0.2, -0.15) is 0 Å². The molecule has 0 bridgehead atoms. The monoisotopic (exact) mass is 243 g/mol. The molecular formula is C10H7ClFNO3. The first kappa shape index (κ1) is 12.2. The number of halogens is 2. The molecule has 16 heavy (non-hydrogen) atoms. The third kappa shape index (κ3) is 3.70. The van der Waals surface area contributed by atoms with Crippen molar-refractivity contribution in [2.45, 2.75) is 0 Å². The average molecular weight is 244 g/mol. The Morgan fingerprint density at radius 1 is 1.38 bits per heavy atom. The molecule has 0 heterocycles. The number of anilines is 1. The van der Waals surface area contributed by atoms with Crippen molar-refractivity contribution in [3.8, 4) is 0 Å². The van der Waals surface area contributed by atoms with E-state index in [9.17, 15) is 14.0 Å². The van der Waals surface area contributed by atoms with Gasteiger partial charge in [0.2, 0.25) is 5.91 Å². The standard InChI is InChI=1S/C10H7ClFNO3/c11-7-5-6(1-2-8(7)12)13-9(14)3-4-10(15)16/h1-5H,(H,13,14)(H,15,16)/b4-3-. The fourth-order valence-corrected chi connectivity index (χ4v) is 1.09. The lowest BCUT2D eigenvalue weighted by Crippen LogP contribution is -2.08. The molecule has 6 heteroatoms. The molecule has 1 aromatic rings. The lowest BCUT2D eigenvalue weighted by atomic mass is 10.3. The normalized spacial score (nSPS) is 10.4. The lowest BCUT2D eigenvalue weighted by Gasteiger charge is -2.02. The Morgan fingerprint density at radius 2 is 2.06 bits per heavy atom. The Balaban J connectivity index is 2.70. The predicted octanol–water partition coefficient (Wildman–Crippen LogP) is 2.06. The van der Waals surface area contributed by atoms with Crippen LogP contribution < -0.4 is 5.32 Å². The molecule has 0 aromatic heterocycles. The van der Waals surface area contributed by atoms with E-state index in [1.54, 1.807) is 0 Å². The summed E-state index contributed by atoms with van der Waals surface area (Å²) in [5, 5.41) is 10.5. The largest absolute Gasteiger partial charge is 0.478 e. The van der Waals surface area contributed by atoms with Gasteiger partial charge in [0.15, 0.2) is 0 Å². The molecule has 1 aromatic carbocycles. The smallest absolute Gasteiger partial charge is 0.328 e. The van der Waals surface area contributed by atoms with E-state index in [4.69, 9.17) is 16.7 Å². The summed E-state index contributed by atoms with van der Waals surface area (Å²) in [6.07, 6.45) is 1.54. The summed E-state index contributed by atoms with van der Waals surface area (Å²) in [5.74, 6) is -2.46. The van der Waals surface area contributed by atoms with Crippen molar-refractivity contribution in [2.75, 3.05) is 5.32 Å². The van der Waals surface area contributed by atoms with Gasteiger partial charge in [-0.1, -0.05) is 11.6 Å². The number of carbonyl (C=O) groups excluding carboxylic acids is 1. The van der Waals surface area contributed by atoms with E-state index in [-0.39, 0.29) is 10.7 Å². The third-order valence-corrected chi connectivity index (χ3v) is 1.85. The molecule has 4 nitrogen and oxygen atoms in total. The van der Waals surface area contributed by atoms with Gasteiger partial charge in [0.1, 0.15) is 5.82 Å². The Hall–Kier alpha value is -1.88. The van der Waals surface area contributed by atoms with Gasteiger partial charge in [0.05, 0.1) is 5.02 Å². The van der Waals surface area contributed by atoms with E-state index in [0.29, 0.717) is 6.08 Å². The molecule has 0 saturated carbocycles. The summed E-state index contributed by atoms with van der Waals surface area (Å²) < 4.78 is 12.8. The van der Waals surface area contributed by atoms with Crippen LogP contribution >= 0.6 is 11.6 Å². The number of carboxylic acids is 1. The summed E-state index contributed by atoms with van der Waals surface area (Å²) in [7, 11) is 0. The van der Waals surface area contributed by atoms with E-state index < -0.39 is 17.7 Å². The molecule has 0 fully saturated rings. The molecular weight excluding hydrogens is 237 g/mol. The maximum absolute atomic E-state index is 12.8. The highest BCUT2D eigenvalue weighted by Gasteiger charge is 2.03. The zero-order chi connectivity index (χ0) is 12.1. The number of hydrogen-bond acceptors (Lipinski definition) is 2. The summed E-state index contributed by atoms with van der Waals surface area (Å²) in [5.41, 5.74) is 0.284. The molecule has 0 aliphatic carbocycles. The molecule has 0 spiro atoms. The first-order chi connectivity index (χ1) is 7.49. The highest BCUT2D eigenvalue weighted by atomic mass is 35.5. The van der Waals surface area contributed by atoms with Gasteiger partial charge in [-0.05, 0) is 18.2 Å². The molecule has 84 valence electrons. The van der Waals surface area contributed by atoms with E-state index in [0.717, 1.165) is 12.1 Å². The van der Waals surface area contributed by atoms with E-state index in [1.165, 1.54) is 12.1 Å². The maximum Gasteiger partial charge on any atom is 0.328 e. The second-order valence-electron chi connectivity index (χ2n) is 2.79. The average Bonchev–Trinajstić information content (AvgIpc) is 2.21. The molecule has 0 radical (unpaired) electrons. The number of nitrogens with one attached hydrogen (secondary N) is 1. The third-order valence-electron chi connectivity index (χ3n) is 1.56. The summed E-state index contributed by atoms with van der Waals surface area (Å²) in [6, 6.07) is 3.63.